The summed E-state index contributed by atoms with van der Waals surface area (Å²) in [7, 11) is 0.326. The summed E-state index contributed by atoms with van der Waals surface area (Å²) in [6.45, 7) is 0. The van der Waals surface area contributed by atoms with Gasteiger partial charge in [-0.2, -0.15) is 5.26 Å². The molecular weight excluding hydrogens is 378 g/mol. The fourth-order valence-electron chi connectivity index (χ4n) is 2.11. The van der Waals surface area contributed by atoms with Gasteiger partial charge in [0.1, 0.15) is 16.7 Å². The average molecular weight is 394 g/mol. The lowest BCUT2D eigenvalue weighted by atomic mass is 10.1. The van der Waals surface area contributed by atoms with E-state index in [1.54, 1.807) is 6.07 Å². The fraction of sp³-hybridized carbons (Fsp3) is 0.176. The highest BCUT2D eigenvalue weighted by molar-refractivity contribution is 7.89. The average Bonchev–Trinajstić information content (AvgIpc) is 2.62. The lowest BCUT2D eigenvalue weighted by Crippen LogP contribution is -2.23. The first kappa shape index (κ1) is 19.7. The number of hydrogen-bond donors (Lipinski definition) is 1. The van der Waals surface area contributed by atoms with Crippen LogP contribution in [0.15, 0.2) is 41.3 Å². The molecular formula is C17H16ClN3O4S. The van der Waals surface area contributed by atoms with Crippen molar-refractivity contribution in [3.63, 3.8) is 0 Å². The van der Waals surface area contributed by atoms with Crippen LogP contribution in [0, 0.1) is 11.3 Å². The minimum Gasteiger partial charge on any atom is -0.495 e. The van der Waals surface area contributed by atoms with Crippen molar-refractivity contribution in [1.82, 2.24) is 4.31 Å². The third kappa shape index (κ3) is 3.96. The van der Waals surface area contributed by atoms with Crippen molar-refractivity contribution in [2.24, 2.45) is 0 Å². The summed E-state index contributed by atoms with van der Waals surface area (Å²) in [5.74, 6) is -0.400. The molecule has 0 aliphatic carbocycles. The number of hydrogen-bond acceptors (Lipinski definition) is 5. The van der Waals surface area contributed by atoms with Crippen molar-refractivity contribution in [2.75, 3.05) is 26.5 Å². The zero-order chi connectivity index (χ0) is 19.5. The molecule has 0 unspecified atom stereocenters. The number of carbonyl (C=O) groups is 1. The molecule has 0 spiro atoms. The Morgan fingerprint density at radius 3 is 2.50 bits per heavy atom. The van der Waals surface area contributed by atoms with Gasteiger partial charge in [0.25, 0.3) is 5.91 Å². The minimum atomic E-state index is -3.80. The summed E-state index contributed by atoms with van der Waals surface area (Å²) in [6.07, 6.45) is 0. The van der Waals surface area contributed by atoms with Crippen molar-refractivity contribution in [3.8, 4) is 11.8 Å². The van der Waals surface area contributed by atoms with Crippen molar-refractivity contribution in [1.29, 1.82) is 5.26 Å². The van der Waals surface area contributed by atoms with Crippen LogP contribution in [0.4, 0.5) is 5.69 Å². The molecule has 1 amide bonds. The molecule has 2 aromatic carbocycles. The Kier molecular flexibility index (Phi) is 5.87. The number of amides is 1. The quantitative estimate of drug-likeness (QED) is 0.841. The van der Waals surface area contributed by atoms with Crippen LogP contribution in [0.1, 0.15) is 15.9 Å². The van der Waals surface area contributed by atoms with Crippen LogP contribution in [-0.2, 0) is 10.0 Å². The fourth-order valence-corrected chi connectivity index (χ4v) is 3.34. The summed E-state index contributed by atoms with van der Waals surface area (Å²) in [5, 5.41) is 11.9. The smallest absolute Gasteiger partial charge is 0.255 e. The van der Waals surface area contributed by atoms with Gasteiger partial charge in [-0.3, -0.25) is 4.79 Å². The molecule has 0 atom stereocenters. The van der Waals surface area contributed by atoms with Crippen LogP contribution < -0.4 is 10.1 Å². The van der Waals surface area contributed by atoms with E-state index < -0.39 is 15.9 Å². The van der Waals surface area contributed by atoms with E-state index in [4.69, 9.17) is 21.6 Å². The zero-order valence-corrected chi connectivity index (χ0v) is 15.9. The van der Waals surface area contributed by atoms with Crippen LogP contribution in [0.25, 0.3) is 0 Å². The van der Waals surface area contributed by atoms with E-state index >= 15 is 0 Å². The van der Waals surface area contributed by atoms with Gasteiger partial charge in [0.15, 0.2) is 0 Å². The van der Waals surface area contributed by atoms with Gasteiger partial charge in [-0.25, -0.2) is 12.7 Å². The molecule has 0 radical (unpaired) electrons. The summed E-state index contributed by atoms with van der Waals surface area (Å²) in [6, 6.07) is 10.5. The molecule has 26 heavy (non-hydrogen) atoms. The molecule has 2 aromatic rings. The highest BCUT2D eigenvalue weighted by atomic mass is 35.5. The van der Waals surface area contributed by atoms with Gasteiger partial charge in [0, 0.05) is 25.3 Å². The zero-order valence-electron chi connectivity index (χ0n) is 14.3. The number of benzene rings is 2. The number of methoxy groups -OCH3 is 1. The van der Waals surface area contributed by atoms with E-state index in [2.05, 4.69) is 5.32 Å². The van der Waals surface area contributed by atoms with Gasteiger partial charge < -0.3 is 10.1 Å². The number of nitrogens with one attached hydrogen (secondary N) is 1. The molecule has 136 valence electrons. The van der Waals surface area contributed by atoms with E-state index in [-0.39, 0.29) is 26.8 Å². The SMILES string of the molecule is COc1ccc(C(=O)Nc2ccc(Cl)c(C#N)c2)cc1S(=O)(=O)N(C)C. The number of nitriles is 1. The van der Waals surface area contributed by atoms with Crippen molar-refractivity contribution in [2.45, 2.75) is 4.90 Å². The molecule has 7 nitrogen and oxygen atoms in total. The molecule has 0 aromatic heterocycles. The Labute approximate surface area is 156 Å². The first-order valence-electron chi connectivity index (χ1n) is 7.32. The van der Waals surface area contributed by atoms with Crippen molar-refractivity contribution < 1.29 is 17.9 Å². The highest BCUT2D eigenvalue weighted by Gasteiger charge is 2.24. The minimum absolute atomic E-state index is 0.119. The Hall–Kier alpha value is -2.60. The summed E-state index contributed by atoms with van der Waals surface area (Å²) >= 11 is 5.86. The number of rotatable bonds is 5. The lowest BCUT2D eigenvalue weighted by Gasteiger charge is -2.15. The molecule has 0 fully saturated rings. The van der Waals surface area contributed by atoms with Gasteiger partial charge in [0.2, 0.25) is 10.0 Å². The predicted octanol–water partition coefficient (Wildman–Crippen LogP) is 2.72. The molecule has 0 saturated carbocycles. The number of anilines is 1. The topological polar surface area (TPSA) is 99.5 Å². The molecule has 0 heterocycles. The number of nitrogens with zero attached hydrogens (tertiary/aromatic N) is 2. The maximum atomic E-state index is 12.5. The van der Waals surface area contributed by atoms with Gasteiger partial charge in [-0.05, 0) is 36.4 Å². The molecule has 9 heteroatoms. The first-order chi connectivity index (χ1) is 12.2. The van der Waals surface area contributed by atoms with Crippen LogP contribution in [0.2, 0.25) is 5.02 Å². The Balaban J connectivity index is 2.40. The van der Waals surface area contributed by atoms with Crippen molar-refractivity contribution in [3.05, 3.63) is 52.5 Å². The van der Waals surface area contributed by atoms with Gasteiger partial charge in [-0.1, -0.05) is 11.6 Å². The van der Waals surface area contributed by atoms with Crippen molar-refractivity contribution >= 4 is 33.2 Å². The Morgan fingerprint density at radius 1 is 1.23 bits per heavy atom. The summed E-state index contributed by atoms with van der Waals surface area (Å²) in [5.41, 5.74) is 0.707. The molecule has 0 saturated heterocycles. The van der Waals surface area contributed by atoms with Gasteiger partial charge in [-0.15, -0.1) is 0 Å². The van der Waals surface area contributed by atoms with Gasteiger partial charge >= 0.3 is 0 Å². The molecule has 0 bridgehead atoms. The lowest BCUT2D eigenvalue weighted by molar-refractivity contribution is 0.102. The highest BCUT2D eigenvalue weighted by Crippen LogP contribution is 2.27. The largest absolute Gasteiger partial charge is 0.495 e. The summed E-state index contributed by atoms with van der Waals surface area (Å²) in [4.78, 5) is 12.4. The molecule has 0 aliphatic heterocycles. The van der Waals surface area contributed by atoms with Crippen LogP contribution in [-0.4, -0.2) is 39.8 Å². The number of halogens is 1. The third-order valence-corrected chi connectivity index (χ3v) is 5.69. The number of ether oxygens (including phenoxy) is 1. The monoisotopic (exact) mass is 393 g/mol. The number of sulfonamides is 1. The van der Waals surface area contributed by atoms with Crippen LogP contribution in [0.5, 0.6) is 5.75 Å². The Morgan fingerprint density at radius 2 is 1.92 bits per heavy atom. The standard InChI is InChI=1S/C17H16ClN3O4S/c1-21(2)26(23,24)16-9-11(4-7-15(16)25-3)17(22)20-13-5-6-14(18)12(8-13)10-19/h4-9H,1-3H3,(H,20,22). The Bertz CT molecular complexity index is 998. The maximum absolute atomic E-state index is 12.5. The summed E-state index contributed by atoms with van der Waals surface area (Å²) < 4.78 is 31.0. The van der Waals surface area contributed by atoms with E-state index in [1.165, 1.54) is 51.5 Å². The second kappa shape index (κ2) is 7.74. The molecule has 0 aliphatic rings. The van der Waals surface area contributed by atoms with Crippen LogP contribution >= 0.6 is 11.6 Å². The second-order valence-corrected chi connectivity index (χ2v) is 7.94. The van der Waals surface area contributed by atoms with Crippen LogP contribution in [0.3, 0.4) is 0 Å². The maximum Gasteiger partial charge on any atom is 0.255 e. The van der Waals surface area contributed by atoms with E-state index in [0.29, 0.717) is 5.69 Å². The van der Waals surface area contributed by atoms with E-state index in [1.807, 2.05) is 6.07 Å². The normalized spacial score (nSPS) is 11.1. The van der Waals surface area contributed by atoms with E-state index in [0.717, 1.165) is 4.31 Å². The predicted molar refractivity (Wildman–Crippen MR) is 98.0 cm³/mol. The van der Waals surface area contributed by atoms with E-state index in [9.17, 15) is 13.2 Å². The molecule has 2 rings (SSSR count). The number of carbonyl (C=O) groups excluding carboxylic acids is 1. The van der Waals surface area contributed by atoms with Gasteiger partial charge in [0.05, 0.1) is 17.7 Å². The second-order valence-electron chi connectivity index (χ2n) is 5.41. The first-order valence-corrected chi connectivity index (χ1v) is 9.14. The third-order valence-electron chi connectivity index (χ3n) is 3.53. The molecule has 1 N–H and O–H groups in total.